The lowest BCUT2D eigenvalue weighted by molar-refractivity contribution is -0.138. The monoisotopic (exact) mass is 443 g/mol. The lowest BCUT2D eigenvalue weighted by Gasteiger charge is -2.09. The number of nitrogen functional groups attached to an aromatic ring is 1. The van der Waals surface area contributed by atoms with E-state index in [0.717, 1.165) is 16.1 Å². The van der Waals surface area contributed by atoms with Crippen molar-refractivity contribution in [2.45, 2.75) is 25.3 Å². The lowest BCUT2D eigenvalue weighted by atomic mass is 9.98. The smallest absolute Gasteiger partial charge is 0.312 e. The molecule has 0 aliphatic carbocycles. The largest absolute Gasteiger partial charge is 0.481 e. The molecule has 154 valence electrons. The Bertz CT molecular complexity index is 1150. The van der Waals surface area contributed by atoms with Crippen molar-refractivity contribution in [3.8, 4) is 10.6 Å². The van der Waals surface area contributed by atoms with Gasteiger partial charge in [0.25, 0.3) is 0 Å². The van der Waals surface area contributed by atoms with Crippen molar-refractivity contribution in [3.63, 3.8) is 0 Å². The second kappa shape index (κ2) is 8.68. The molecule has 0 amide bonds. The Hall–Kier alpha value is -3.17. The van der Waals surface area contributed by atoms with E-state index in [1.165, 1.54) is 11.3 Å². The minimum atomic E-state index is -0.937. The van der Waals surface area contributed by atoms with Crippen LogP contribution in [0.25, 0.3) is 10.6 Å². The van der Waals surface area contributed by atoms with E-state index in [-0.39, 0.29) is 6.42 Å². The third-order valence-electron chi connectivity index (χ3n) is 4.60. The van der Waals surface area contributed by atoms with Gasteiger partial charge in [-0.05, 0) is 30.2 Å². The van der Waals surface area contributed by atoms with Crippen LogP contribution in [0.4, 0.5) is 5.82 Å². The van der Waals surface area contributed by atoms with Crippen LogP contribution in [0.3, 0.4) is 0 Å². The van der Waals surface area contributed by atoms with Gasteiger partial charge in [-0.25, -0.2) is 9.97 Å². The normalized spacial score (nSPS) is 12.2. The highest BCUT2D eigenvalue weighted by atomic mass is 35.5. The number of hydrogen-bond acceptors (Lipinski definition) is 7. The number of carbonyl (C=O) groups is 1. The lowest BCUT2D eigenvalue weighted by Crippen LogP contribution is -2.15. The van der Waals surface area contributed by atoms with Gasteiger partial charge in [0.2, 0.25) is 0 Å². The third-order valence-corrected chi connectivity index (χ3v) is 5.84. The van der Waals surface area contributed by atoms with Gasteiger partial charge in [-0.15, -0.1) is 11.3 Å². The SMILES string of the molecule is Nc1ccc(CC(C(=O)O)c2cn(CCc3cc(-c4ccc(Cl)s4)on3)cn2)cn1. The van der Waals surface area contributed by atoms with Gasteiger partial charge in [0.05, 0.1) is 26.9 Å². The van der Waals surface area contributed by atoms with E-state index in [9.17, 15) is 9.90 Å². The molecule has 0 bridgehead atoms. The molecule has 3 N–H and O–H groups in total. The van der Waals surface area contributed by atoms with Crippen LogP contribution in [-0.4, -0.2) is 30.8 Å². The maximum atomic E-state index is 11.8. The quantitative estimate of drug-likeness (QED) is 0.423. The van der Waals surface area contributed by atoms with Crippen molar-refractivity contribution < 1.29 is 14.4 Å². The Morgan fingerprint density at radius 3 is 2.87 bits per heavy atom. The van der Waals surface area contributed by atoms with E-state index >= 15 is 0 Å². The van der Waals surface area contributed by atoms with Gasteiger partial charge in [-0.1, -0.05) is 22.8 Å². The van der Waals surface area contributed by atoms with Gasteiger partial charge in [-0.2, -0.15) is 0 Å². The van der Waals surface area contributed by atoms with Gasteiger partial charge in [-0.3, -0.25) is 4.79 Å². The van der Waals surface area contributed by atoms with E-state index in [1.54, 1.807) is 30.9 Å². The summed E-state index contributed by atoms with van der Waals surface area (Å²) in [5.74, 6) is -0.629. The molecular weight excluding hydrogens is 426 g/mol. The zero-order valence-corrected chi connectivity index (χ0v) is 17.3. The van der Waals surface area contributed by atoms with Crippen molar-refractivity contribution in [1.82, 2.24) is 19.7 Å². The number of carboxylic acids is 1. The molecule has 0 aliphatic rings. The third kappa shape index (κ3) is 4.69. The predicted molar refractivity (Wildman–Crippen MR) is 113 cm³/mol. The molecule has 0 radical (unpaired) electrons. The van der Waals surface area contributed by atoms with E-state index in [4.69, 9.17) is 21.9 Å². The molecule has 4 heterocycles. The highest BCUT2D eigenvalue weighted by Crippen LogP contribution is 2.31. The summed E-state index contributed by atoms with van der Waals surface area (Å²) in [5, 5.41) is 13.7. The van der Waals surface area contributed by atoms with Crippen molar-refractivity contribution in [2.75, 3.05) is 5.73 Å². The summed E-state index contributed by atoms with van der Waals surface area (Å²) in [6.45, 7) is 0.597. The number of imidazole rings is 1. The fraction of sp³-hybridized carbons (Fsp3) is 0.200. The number of hydrogen-bond donors (Lipinski definition) is 2. The Morgan fingerprint density at radius 1 is 1.30 bits per heavy atom. The zero-order valence-electron chi connectivity index (χ0n) is 15.7. The average molecular weight is 444 g/mol. The number of halogens is 1. The van der Waals surface area contributed by atoms with Crippen molar-refractivity contribution in [3.05, 3.63) is 70.3 Å². The van der Waals surface area contributed by atoms with Gasteiger partial charge in [0, 0.05) is 31.4 Å². The molecule has 8 nitrogen and oxygen atoms in total. The van der Waals surface area contributed by atoms with Gasteiger partial charge >= 0.3 is 5.97 Å². The number of nitrogens with zero attached hydrogens (tertiary/aromatic N) is 4. The van der Waals surface area contributed by atoms with Crippen molar-refractivity contribution in [1.29, 1.82) is 0 Å². The maximum absolute atomic E-state index is 11.8. The number of anilines is 1. The molecule has 0 fully saturated rings. The minimum Gasteiger partial charge on any atom is -0.481 e. The molecule has 0 aliphatic heterocycles. The molecule has 30 heavy (non-hydrogen) atoms. The van der Waals surface area contributed by atoms with Crippen LogP contribution in [0, 0.1) is 0 Å². The fourth-order valence-corrected chi connectivity index (χ4v) is 4.02. The van der Waals surface area contributed by atoms with Gasteiger partial charge < -0.3 is 19.9 Å². The maximum Gasteiger partial charge on any atom is 0.312 e. The van der Waals surface area contributed by atoms with E-state index in [2.05, 4.69) is 15.1 Å². The topological polar surface area (TPSA) is 120 Å². The standard InChI is InChI=1S/C20H18ClN5O3S/c21-18-3-2-17(30-18)16-8-13(25-29-16)5-6-26-10-15(24-11-26)14(20(27)28)7-12-1-4-19(22)23-9-12/h1-4,8-11,14H,5-7H2,(H2,22,23)(H,27,28). The Morgan fingerprint density at radius 2 is 2.17 bits per heavy atom. The molecule has 10 heteroatoms. The first-order valence-electron chi connectivity index (χ1n) is 9.14. The van der Waals surface area contributed by atoms with E-state index in [0.29, 0.717) is 34.6 Å². The van der Waals surface area contributed by atoms with E-state index in [1.807, 2.05) is 22.8 Å². The zero-order chi connectivity index (χ0) is 21.1. The fourth-order valence-electron chi connectivity index (χ4n) is 3.03. The summed E-state index contributed by atoms with van der Waals surface area (Å²) < 4.78 is 7.93. The molecule has 1 unspecified atom stereocenters. The molecule has 0 spiro atoms. The van der Waals surface area contributed by atoms with Crippen LogP contribution in [0.1, 0.15) is 22.9 Å². The highest BCUT2D eigenvalue weighted by molar-refractivity contribution is 7.19. The summed E-state index contributed by atoms with van der Waals surface area (Å²) in [6.07, 6.45) is 5.88. The molecular formula is C20H18ClN5O3S. The molecule has 0 saturated carbocycles. The average Bonchev–Trinajstić information content (AvgIpc) is 3.46. The molecule has 4 aromatic heterocycles. The number of aliphatic carboxylic acids is 1. The van der Waals surface area contributed by atoms with E-state index < -0.39 is 11.9 Å². The van der Waals surface area contributed by atoms with Gasteiger partial charge in [0.15, 0.2) is 5.76 Å². The minimum absolute atomic E-state index is 0.287. The first kappa shape index (κ1) is 20.1. The number of nitrogens with two attached hydrogens (primary N) is 1. The predicted octanol–water partition coefficient (Wildman–Crippen LogP) is 3.88. The molecule has 0 saturated heterocycles. The first-order chi connectivity index (χ1) is 14.5. The summed E-state index contributed by atoms with van der Waals surface area (Å²) in [4.78, 5) is 21.0. The van der Waals surface area contributed by atoms with Crippen LogP contribution < -0.4 is 5.73 Å². The number of pyridine rings is 1. The molecule has 4 rings (SSSR count). The number of thiophene rings is 1. The Labute approximate surface area is 180 Å². The number of carboxylic acid groups (broad SMARTS) is 1. The van der Waals surface area contributed by atoms with Crippen LogP contribution >= 0.6 is 22.9 Å². The van der Waals surface area contributed by atoms with Crippen molar-refractivity contribution in [2.24, 2.45) is 0 Å². The molecule has 1 atom stereocenters. The highest BCUT2D eigenvalue weighted by Gasteiger charge is 2.23. The van der Waals surface area contributed by atoms with Crippen molar-refractivity contribution >= 4 is 34.7 Å². The summed E-state index contributed by atoms with van der Waals surface area (Å²) in [6, 6.07) is 9.02. The van der Waals surface area contributed by atoms with Crippen LogP contribution in [-0.2, 0) is 24.2 Å². The summed E-state index contributed by atoms with van der Waals surface area (Å²) >= 11 is 7.39. The number of aromatic nitrogens is 4. The molecule has 0 aromatic carbocycles. The second-order valence-electron chi connectivity index (χ2n) is 6.76. The first-order valence-corrected chi connectivity index (χ1v) is 10.3. The Balaban J connectivity index is 1.41. The Kier molecular flexibility index (Phi) is 5.82. The molecule has 4 aromatic rings. The number of aryl methyl sites for hydroxylation is 2. The van der Waals surface area contributed by atoms with Crippen LogP contribution in [0.15, 0.2) is 53.6 Å². The van der Waals surface area contributed by atoms with Gasteiger partial charge in [0.1, 0.15) is 11.7 Å². The summed E-state index contributed by atoms with van der Waals surface area (Å²) in [5.41, 5.74) is 7.67. The van der Waals surface area contributed by atoms with Crippen LogP contribution in [0.2, 0.25) is 4.34 Å². The number of rotatable bonds is 8. The summed E-state index contributed by atoms with van der Waals surface area (Å²) in [7, 11) is 0. The van der Waals surface area contributed by atoms with Crippen LogP contribution in [0.5, 0.6) is 0 Å². The second-order valence-corrected chi connectivity index (χ2v) is 8.47.